The minimum absolute atomic E-state index is 0.297. The average molecular weight is 373 g/mol. The minimum atomic E-state index is -0.829. The number of benzene rings is 1. The first-order chi connectivity index (χ1) is 10.3. The van der Waals surface area contributed by atoms with Crippen molar-refractivity contribution in [3.05, 3.63) is 22.2 Å². The van der Waals surface area contributed by atoms with Crippen LogP contribution >= 0.6 is 15.9 Å². The molecular weight excluding hydrogens is 352 g/mol. The molecule has 0 aromatic heterocycles. The van der Waals surface area contributed by atoms with Gasteiger partial charge in [0.25, 0.3) is 0 Å². The van der Waals surface area contributed by atoms with Crippen molar-refractivity contribution in [2.45, 2.75) is 39.4 Å². The molecule has 5 nitrogen and oxygen atoms in total. The van der Waals surface area contributed by atoms with Gasteiger partial charge in [-0.1, -0.05) is 15.9 Å². The topological polar surface area (TPSA) is 54.0 Å². The van der Waals surface area contributed by atoms with Crippen molar-refractivity contribution >= 4 is 21.9 Å². The molecular formula is C16H21BrO5. The van der Waals surface area contributed by atoms with Crippen molar-refractivity contribution < 1.29 is 23.7 Å². The maximum absolute atomic E-state index is 12.3. The lowest BCUT2D eigenvalue weighted by Gasteiger charge is -2.28. The van der Waals surface area contributed by atoms with E-state index in [1.165, 1.54) is 0 Å². The molecule has 0 spiro atoms. The van der Waals surface area contributed by atoms with Crippen molar-refractivity contribution in [1.29, 1.82) is 0 Å². The lowest BCUT2D eigenvalue weighted by atomic mass is 10.1. The monoisotopic (exact) mass is 372 g/mol. The highest BCUT2D eigenvalue weighted by molar-refractivity contribution is 9.10. The zero-order valence-electron chi connectivity index (χ0n) is 13.3. The van der Waals surface area contributed by atoms with Crippen molar-refractivity contribution in [1.82, 2.24) is 0 Å². The predicted octanol–water partition coefficient (Wildman–Crippen LogP) is 3.64. The molecule has 0 radical (unpaired) electrons. The van der Waals surface area contributed by atoms with E-state index in [0.29, 0.717) is 36.9 Å². The van der Waals surface area contributed by atoms with Crippen molar-refractivity contribution in [2.24, 2.45) is 0 Å². The van der Waals surface area contributed by atoms with Crippen molar-refractivity contribution in [3.63, 3.8) is 0 Å². The van der Waals surface area contributed by atoms with Gasteiger partial charge in [0.05, 0.1) is 12.2 Å². The fraction of sp³-hybridized carbons (Fsp3) is 0.562. The van der Waals surface area contributed by atoms with E-state index in [-0.39, 0.29) is 0 Å². The summed E-state index contributed by atoms with van der Waals surface area (Å²) in [4.78, 5) is 12.3. The van der Waals surface area contributed by atoms with E-state index >= 15 is 0 Å². The first-order valence-electron chi connectivity index (χ1n) is 7.25. The predicted molar refractivity (Wildman–Crippen MR) is 85.3 cm³/mol. The number of ether oxygens (including phenoxy) is 4. The standard InChI is InChI=1S/C16H21BrO5/c1-5-19-15(18)14(22-16(2,3)4)10-8-12-13(9-11(10)17)21-7-6-20-12/h8-9,14H,5-7H2,1-4H3. The van der Waals surface area contributed by atoms with Gasteiger partial charge in [0.1, 0.15) is 13.2 Å². The molecule has 1 unspecified atom stereocenters. The summed E-state index contributed by atoms with van der Waals surface area (Å²) in [6.07, 6.45) is -0.829. The van der Waals surface area contributed by atoms with Crippen LogP contribution in [0.1, 0.15) is 39.4 Å². The van der Waals surface area contributed by atoms with E-state index in [1.807, 2.05) is 20.8 Å². The maximum Gasteiger partial charge on any atom is 0.340 e. The highest BCUT2D eigenvalue weighted by Gasteiger charge is 2.31. The fourth-order valence-corrected chi connectivity index (χ4v) is 2.62. The lowest BCUT2D eigenvalue weighted by Crippen LogP contribution is -2.29. The van der Waals surface area contributed by atoms with E-state index in [1.54, 1.807) is 19.1 Å². The number of carbonyl (C=O) groups is 1. The third-order valence-corrected chi connectivity index (χ3v) is 3.60. The molecule has 0 saturated carbocycles. The summed E-state index contributed by atoms with van der Waals surface area (Å²) in [6.45, 7) is 8.74. The van der Waals surface area contributed by atoms with Crippen LogP contribution in [0, 0.1) is 0 Å². The molecule has 0 bridgehead atoms. The van der Waals surface area contributed by atoms with Gasteiger partial charge >= 0.3 is 5.97 Å². The molecule has 0 N–H and O–H groups in total. The molecule has 6 heteroatoms. The molecule has 122 valence electrons. The summed E-state index contributed by atoms with van der Waals surface area (Å²) in [6, 6.07) is 3.56. The van der Waals surface area contributed by atoms with Gasteiger partial charge in [-0.05, 0) is 39.8 Å². The first-order valence-corrected chi connectivity index (χ1v) is 8.04. The van der Waals surface area contributed by atoms with Gasteiger partial charge in [-0.3, -0.25) is 0 Å². The molecule has 1 atom stereocenters. The number of hydrogen-bond acceptors (Lipinski definition) is 5. The second-order valence-corrected chi connectivity index (χ2v) is 6.73. The van der Waals surface area contributed by atoms with E-state index in [0.717, 1.165) is 4.47 Å². The molecule has 22 heavy (non-hydrogen) atoms. The SMILES string of the molecule is CCOC(=O)C(OC(C)(C)C)c1cc2c(cc1Br)OCCO2. The Balaban J connectivity index is 2.39. The zero-order valence-corrected chi connectivity index (χ0v) is 14.9. The van der Waals surface area contributed by atoms with Crippen LogP contribution in [0.5, 0.6) is 11.5 Å². The van der Waals surface area contributed by atoms with Crippen LogP contribution in [-0.2, 0) is 14.3 Å². The number of carbonyl (C=O) groups excluding carboxylic acids is 1. The Bertz CT molecular complexity index is 550. The largest absolute Gasteiger partial charge is 0.486 e. The Hall–Kier alpha value is -1.27. The van der Waals surface area contributed by atoms with Gasteiger partial charge in [0, 0.05) is 10.0 Å². The summed E-state index contributed by atoms with van der Waals surface area (Å²) < 4.78 is 22.9. The second-order valence-electron chi connectivity index (χ2n) is 5.88. The number of fused-ring (bicyclic) bond motifs is 1. The number of rotatable bonds is 4. The van der Waals surface area contributed by atoms with Gasteiger partial charge in [-0.2, -0.15) is 0 Å². The smallest absolute Gasteiger partial charge is 0.340 e. The molecule has 2 rings (SSSR count). The van der Waals surface area contributed by atoms with Gasteiger partial charge in [0.15, 0.2) is 17.6 Å². The third kappa shape index (κ3) is 4.14. The van der Waals surface area contributed by atoms with E-state index < -0.39 is 17.7 Å². The highest BCUT2D eigenvalue weighted by atomic mass is 79.9. The number of hydrogen-bond donors (Lipinski definition) is 0. The highest BCUT2D eigenvalue weighted by Crippen LogP contribution is 2.40. The molecule has 1 aromatic carbocycles. The van der Waals surface area contributed by atoms with Crippen molar-refractivity contribution in [2.75, 3.05) is 19.8 Å². The first kappa shape index (κ1) is 17.1. The van der Waals surface area contributed by atoms with Crippen LogP contribution in [-0.4, -0.2) is 31.4 Å². The van der Waals surface area contributed by atoms with Crippen LogP contribution in [0.3, 0.4) is 0 Å². The normalized spacial score (nSPS) is 15.3. The summed E-state index contributed by atoms with van der Waals surface area (Å²) >= 11 is 3.48. The fourth-order valence-electron chi connectivity index (χ4n) is 2.09. The Kier molecular flexibility index (Phi) is 5.34. The maximum atomic E-state index is 12.3. The Morgan fingerprint density at radius 2 is 1.86 bits per heavy atom. The van der Waals surface area contributed by atoms with E-state index in [4.69, 9.17) is 18.9 Å². The van der Waals surface area contributed by atoms with Crippen LogP contribution in [0.4, 0.5) is 0 Å². The zero-order chi connectivity index (χ0) is 16.3. The van der Waals surface area contributed by atoms with Crippen LogP contribution in [0.2, 0.25) is 0 Å². The molecule has 1 heterocycles. The summed E-state index contributed by atoms with van der Waals surface area (Å²) in [5.41, 5.74) is 0.169. The average Bonchev–Trinajstić information content (AvgIpc) is 2.43. The summed E-state index contributed by atoms with van der Waals surface area (Å²) in [5.74, 6) is 0.839. The third-order valence-electron chi connectivity index (χ3n) is 2.92. The lowest BCUT2D eigenvalue weighted by molar-refractivity contribution is -0.166. The van der Waals surface area contributed by atoms with Gasteiger partial charge in [-0.15, -0.1) is 0 Å². The van der Waals surface area contributed by atoms with Crippen LogP contribution in [0.15, 0.2) is 16.6 Å². The molecule has 0 saturated heterocycles. The Morgan fingerprint density at radius 3 is 2.41 bits per heavy atom. The molecule has 0 amide bonds. The Morgan fingerprint density at radius 1 is 1.27 bits per heavy atom. The van der Waals surface area contributed by atoms with Crippen LogP contribution in [0.25, 0.3) is 0 Å². The van der Waals surface area contributed by atoms with E-state index in [2.05, 4.69) is 15.9 Å². The summed E-state index contributed by atoms with van der Waals surface area (Å²) in [7, 11) is 0. The molecule has 1 aliphatic heterocycles. The number of esters is 1. The molecule has 1 aliphatic rings. The second kappa shape index (κ2) is 6.87. The van der Waals surface area contributed by atoms with Gasteiger partial charge in [0.2, 0.25) is 0 Å². The van der Waals surface area contributed by atoms with Crippen molar-refractivity contribution in [3.8, 4) is 11.5 Å². The molecule has 0 fully saturated rings. The minimum Gasteiger partial charge on any atom is -0.486 e. The molecule has 0 aliphatic carbocycles. The van der Waals surface area contributed by atoms with Crippen LogP contribution < -0.4 is 9.47 Å². The van der Waals surface area contributed by atoms with Gasteiger partial charge in [-0.25, -0.2) is 4.79 Å². The number of halogens is 1. The summed E-state index contributed by atoms with van der Waals surface area (Å²) in [5, 5.41) is 0. The quantitative estimate of drug-likeness (QED) is 0.755. The molecule has 1 aromatic rings. The van der Waals surface area contributed by atoms with E-state index in [9.17, 15) is 4.79 Å². The Labute approximate surface area is 139 Å². The van der Waals surface area contributed by atoms with Gasteiger partial charge < -0.3 is 18.9 Å².